The monoisotopic (exact) mass is 395 g/mol. The number of aromatic hydroxyl groups is 1. The van der Waals surface area contributed by atoms with E-state index in [9.17, 15) is 5.11 Å². The van der Waals surface area contributed by atoms with Gasteiger partial charge in [-0.3, -0.25) is 9.97 Å². The zero-order valence-electron chi connectivity index (χ0n) is 14.1. The lowest BCUT2D eigenvalue weighted by atomic mass is 9.96. The van der Waals surface area contributed by atoms with Gasteiger partial charge in [0, 0.05) is 34.6 Å². The van der Waals surface area contributed by atoms with E-state index in [4.69, 9.17) is 23.2 Å². The molecule has 0 fully saturated rings. The van der Waals surface area contributed by atoms with E-state index in [-0.39, 0.29) is 11.8 Å². The molecule has 2 heterocycles. The predicted molar refractivity (Wildman–Crippen MR) is 110 cm³/mol. The highest BCUT2D eigenvalue weighted by Crippen LogP contribution is 2.37. The molecule has 0 aliphatic rings. The predicted octanol–water partition coefficient (Wildman–Crippen LogP) is 5.84. The van der Waals surface area contributed by atoms with Crippen molar-refractivity contribution >= 4 is 39.8 Å². The largest absolute Gasteiger partial charge is 0.505 e. The van der Waals surface area contributed by atoms with Crippen LogP contribution in [0.25, 0.3) is 10.9 Å². The Morgan fingerprint density at radius 2 is 1.74 bits per heavy atom. The topological polar surface area (TPSA) is 58.0 Å². The number of hydrogen-bond donors (Lipinski definition) is 2. The van der Waals surface area contributed by atoms with Gasteiger partial charge in [0.2, 0.25) is 0 Å². The van der Waals surface area contributed by atoms with Crippen LogP contribution in [-0.2, 0) is 0 Å². The van der Waals surface area contributed by atoms with E-state index >= 15 is 0 Å². The van der Waals surface area contributed by atoms with E-state index in [1.54, 1.807) is 30.7 Å². The summed E-state index contributed by atoms with van der Waals surface area (Å²) in [6.45, 7) is 0. The molecule has 134 valence electrons. The Labute approximate surface area is 166 Å². The summed E-state index contributed by atoms with van der Waals surface area (Å²) < 4.78 is 0. The molecule has 0 spiro atoms. The van der Waals surface area contributed by atoms with E-state index in [2.05, 4.69) is 15.3 Å². The van der Waals surface area contributed by atoms with Crippen LogP contribution in [0, 0.1) is 0 Å². The Morgan fingerprint density at radius 3 is 2.52 bits per heavy atom. The molecule has 2 aromatic heterocycles. The van der Waals surface area contributed by atoms with Gasteiger partial charge in [-0.2, -0.15) is 0 Å². The zero-order valence-corrected chi connectivity index (χ0v) is 15.6. The van der Waals surface area contributed by atoms with Crippen LogP contribution in [0.5, 0.6) is 5.75 Å². The SMILES string of the molecule is Oc1c(C(Nc2ccc(Cl)cc2Cl)c2ccncc2)ccc2cccnc12. The molecule has 27 heavy (non-hydrogen) atoms. The zero-order chi connectivity index (χ0) is 18.8. The normalized spacial score (nSPS) is 12.1. The summed E-state index contributed by atoms with van der Waals surface area (Å²) in [7, 11) is 0. The molecule has 1 unspecified atom stereocenters. The van der Waals surface area contributed by atoms with E-state index < -0.39 is 0 Å². The van der Waals surface area contributed by atoms with Crippen molar-refractivity contribution in [3.8, 4) is 5.75 Å². The van der Waals surface area contributed by atoms with Gasteiger partial charge in [-0.25, -0.2) is 0 Å². The smallest absolute Gasteiger partial charge is 0.147 e. The summed E-state index contributed by atoms with van der Waals surface area (Å²) in [5.41, 5.74) is 2.89. The highest BCUT2D eigenvalue weighted by Gasteiger charge is 2.20. The van der Waals surface area contributed by atoms with Crippen LogP contribution in [-0.4, -0.2) is 15.1 Å². The quantitative estimate of drug-likeness (QED) is 0.455. The molecule has 2 aromatic carbocycles. The van der Waals surface area contributed by atoms with Gasteiger partial charge >= 0.3 is 0 Å². The lowest BCUT2D eigenvalue weighted by molar-refractivity contribution is 0.472. The van der Waals surface area contributed by atoms with Gasteiger partial charge in [-0.15, -0.1) is 0 Å². The van der Waals surface area contributed by atoms with Crippen LogP contribution < -0.4 is 5.32 Å². The molecule has 0 saturated heterocycles. The highest BCUT2D eigenvalue weighted by molar-refractivity contribution is 6.36. The van der Waals surface area contributed by atoms with Gasteiger partial charge in [-0.1, -0.05) is 41.4 Å². The van der Waals surface area contributed by atoms with Gasteiger partial charge in [0.15, 0.2) is 0 Å². The number of anilines is 1. The molecule has 0 aliphatic heterocycles. The van der Waals surface area contributed by atoms with Crippen LogP contribution in [0.1, 0.15) is 17.2 Å². The minimum absolute atomic E-state index is 0.132. The lowest BCUT2D eigenvalue weighted by Gasteiger charge is -2.23. The molecule has 4 aromatic rings. The first-order valence-corrected chi connectivity index (χ1v) is 9.07. The summed E-state index contributed by atoms with van der Waals surface area (Å²) in [6, 6.07) is 16.3. The first-order valence-electron chi connectivity index (χ1n) is 8.31. The van der Waals surface area contributed by atoms with E-state index in [0.29, 0.717) is 26.8 Å². The Balaban J connectivity index is 1.85. The molecule has 6 heteroatoms. The van der Waals surface area contributed by atoms with Crippen molar-refractivity contribution in [3.05, 3.63) is 94.4 Å². The molecule has 0 radical (unpaired) electrons. The molecule has 4 nitrogen and oxygen atoms in total. The average Bonchev–Trinajstić information content (AvgIpc) is 2.69. The maximum atomic E-state index is 10.9. The molecule has 4 rings (SSSR count). The number of phenols is 1. The van der Waals surface area contributed by atoms with Gasteiger partial charge in [0.05, 0.1) is 16.8 Å². The van der Waals surface area contributed by atoms with Crippen LogP contribution in [0.15, 0.2) is 73.2 Å². The third-order valence-corrected chi connectivity index (χ3v) is 4.91. The number of phenolic OH excluding ortho intramolecular Hbond substituents is 1. The number of aromatic nitrogens is 2. The van der Waals surface area contributed by atoms with Gasteiger partial charge in [0.1, 0.15) is 11.3 Å². The molecule has 2 N–H and O–H groups in total. The second kappa shape index (κ2) is 7.43. The van der Waals surface area contributed by atoms with Crippen molar-refractivity contribution in [3.63, 3.8) is 0 Å². The Morgan fingerprint density at radius 1 is 0.926 bits per heavy atom. The Kier molecular flexibility index (Phi) is 4.84. The van der Waals surface area contributed by atoms with Crippen molar-refractivity contribution in [2.24, 2.45) is 0 Å². The molecule has 1 atom stereocenters. The van der Waals surface area contributed by atoms with E-state index in [1.807, 2.05) is 42.5 Å². The summed E-state index contributed by atoms with van der Waals surface area (Å²) in [6.07, 6.45) is 5.09. The number of nitrogens with one attached hydrogen (secondary N) is 1. The van der Waals surface area contributed by atoms with Crippen LogP contribution in [0.2, 0.25) is 10.0 Å². The number of pyridine rings is 2. The molecule has 0 aliphatic carbocycles. The summed E-state index contributed by atoms with van der Waals surface area (Å²) in [5, 5.41) is 16.2. The standard InChI is InChI=1S/C21H15Cl2N3O/c22-15-4-6-18(17(23)12-15)26-19(14-7-10-24-11-8-14)16-5-3-13-2-1-9-25-20(13)21(16)27/h1-12,19,26-27H. The van der Waals surface area contributed by atoms with Gasteiger partial charge in [-0.05, 0) is 42.0 Å². The van der Waals surface area contributed by atoms with Crippen LogP contribution in [0.3, 0.4) is 0 Å². The molecular formula is C21H15Cl2N3O. The Bertz CT molecular complexity index is 1100. The lowest BCUT2D eigenvalue weighted by Crippen LogP contribution is -2.13. The fraction of sp³-hybridized carbons (Fsp3) is 0.0476. The second-order valence-electron chi connectivity index (χ2n) is 6.06. The third kappa shape index (κ3) is 3.54. The number of hydrogen-bond acceptors (Lipinski definition) is 4. The van der Waals surface area contributed by atoms with E-state index in [0.717, 1.165) is 10.9 Å². The Hall–Kier alpha value is -2.82. The number of benzene rings is 2. The first-order chi connectivity index (χ1) is 13.1. The van der Waals surface area contributed by atoms with Crippen molar-refractivity contribution < 1.29 is 5.11 Å². The van der Waals surface area contributed by atoms with Crippen molar-refractivity contribution in [2.45, 2.75) is 6.04 Å². The summed E-state index contributed by atoms with van der Waals surface area (Å²) in [4.78, 5) is 8.40. The fourth-order valence-corrected chi connectivity index (χ4v) is 3.50. The fourth-order valence-electron chi connectivity index (χ4n) is 3.04. The van der Waals surface area contributed by atoms with Crippen molar-refractivity contribution in [1.29, 1.82) is 0 Å². The summed E-state index contributed by atoms with van der Waals surface area (Å²) in [5.74, 6) is 0.132. The maximum Gasteiger partial charge on any atom is 0.147 e. The molecule has 0 saturated carbocycles. The van der Waals surface area contributed by atoms with Crippen molar-refractivity contribution in [1.82, 2.24) is 9.97 Å². The maximum absolute atomic E-state index is 10.9. The van der Waals surface area contributed by atoms with Crippen LogP contribution >= 0.6 is 23.2 Å². The van der Waals surface area contributed by atoms with Gasteiger partial charge in [0.25, 0.3) is 0 Å². The molecule has 0 amide bonds. The van der Waals surface area contributed by atoms with E-state index in [1.165, 1.54) is 0 Å². The number of halogens is 2. The number of fused-ring (bicyclic) bond motifs is 1. The van der Waals surface area contributed by atoms with Gasteiger partial charge < -0.3 is 10.4 Å². The average molecular weight is 396 g/mol. The highest BCUT2D eigenvalue weighted by atomic mass is 35.5. The van der Waals surface area contributed by atoms with Crippen molar-refractivity contribution in [2.75, 3.05) is 5.32 Å². The van der Waals surface area contributed by atoms with Crippen LogP contribution in [0.4, 0.5) is 5.69 Å². The number of rotatable bonds is 4. The minimum atomic E-state index is -0.349. The third-order valence-electron chi connectivity index (χ3n) is 4.36. The summed E-state index contributed by atoms with van der Waals surface area (Å²) >= 11 is 12.4. The first kappa shape index (κ1) is 17.6. The molecular weight excluding hydrogens is 381 g/mol. The number of nitrogens with zero attached hydrogens (tertiary/aromatic N) is 2. The minimum Gasteiger partial charge on any atom is -0.505 e. The second-order valence-corrected chi connectivity index (χ2v) is 6.90. The molecule has 0 bridgehead atoms.